The van der Waals surface area contributed by atoms with E-state index in [4.69, 9.17) is 21.1 Å². The van der Waals surface area contributed by atoms with Gasteiger partial charge < -0.3 is 9.52 Å². The lowest BCUT2D eigenvalue weighted by Crippen LogP contribution is -2.02. The molecule has 3 aromatic rings. The van der Waals surface area contributed by atoms with Crippen molar-refractivity contribution in [2.45, 2.75) is 0 Å². The van der Waals surface area contributed by atoms with Crippen molar-refractivity contribution in [3.05, 3.63) is 52.6 Å². The molecule has 4 nitrogen and oxygen atoms in total. The van der Waals surface area contributed by atoms with E-state index in [-0.39, 0.29) is 11.5 Å². The van der Waals surface area contributed by atoms with Crippen LogP contribution in [0.1, 0.15) is 10.4 Å². The fourth-order valence-corrected chi connectivity index (χ4v) is 2.08. The molecular weight excluding hydrogens is 304 g/mol. The summed E-state index contributed by atoms with van der Waals surface area (Å²) in [6.45, 7) is 0. The van der Waals surface area contributed by atoms with Gasteiger partial charge in [-0.3, -0.25) is 0 Å². The summed E-state index contributed by atoms with van der Waals surface area (Å²) in [5, 5.41) is 9.50. The van der Waals surface area contributed by atoms with E-state index in [1.54, 1.807) is 12.1 Å². The van der Waals surface area contributed by atoms with E-state index in [0.717, 1.165) is 6.07 Å². The molecule has 0 unspecified atom stereocenters. The minimum absolute atomic E-state index is 0.122. The van der Waals surface area contributed by atoms with Crippen LogP contribution in [0, 0.1) is 11.6 Å². The Balaban J connectivity index is 2.26. The Bertz CT molecular complexity index is 876. The maximum atomic E-state index is 13.4. The molecule has 0 saturated heterocycles. The lowest BCUT2D eigenvalue weighted by atomic mass is 10.1. The zero-order valence-corrected chi connectivity index (χ0v) is 11.0. The molecule has 0 spiro atoms. The van der Waals surface area contributed by atoms with E-state index in [0.29, 0.717) is 22.2 Å². The number of hydrogen-bond donors (Lipinski definition) is 1. The van der Waals surface area contributed by atoms with Crippen molar-refractivity contribution in [2.75, 3.05) is 0 Å². The van der Waals surface area contributed by atoms with E-state index in [2.05, 4.69) is 4.98 Å². The molecule has 2 aromatic carbocycles. The molecule has 0 aliphatic rings. The van der Waals surface area contributed by atoms with Gasteiger partial charge in [-0.05, 0) is 30.3 Å². The lowest BCUT2D eigenvalue weighted by Gasteiger charge is -2.03. The van der Waals surface area contributed by atoms with Crippen molar-refractivity contribution in [1.29, 1.82) is 0 Å². The molecule has 0 saturated carbocycles. The Morgan fingerprint density at radius 2 is 1.90 bits per heavy atom. The highest BCUT2D eigenvalue weighted by molar-refractivity contribution is 6.31. The summed E-state index contributed by atoms with van der Waals surface area (Å²) >= 11 is 5.82. The molecule has 0 aliphatic carbocycles. The van der Waals surface area contributed by atoms with E-state index in [1.807, 2.05) is 0 Å². The predicted molar refractivity (Wildman–Crippen MR) is 71.3 cm³/mol. The summed E-state index contributed by atoms with van der Waals surface area (Å²) in [6.07, 6.45) is 0. The van der Waals surface area contributed by atoms with Crippen LogP contribution in [0.15, 0.2) is 34.7 Å². The average molecular weight is 310 g/mol. The van der Waals surface area contributed by atoms with Crippen molar-refractivity contribution >= 4 is 28.7 Å². The molecule has 0 radical (unpaired) electrons. The monoisotopic (exact) mass is 309 g/mol. The highest BCUT2D eigenvalue weighted by Crippen LogP contribution is 2.30. The second kappa shape index (κ2) is 4.82. The van der Waals surface area contributed by atoms with Gasteiger partial charge in [0.2, 0.25) is 5.89 Å². The van der Waals surface area contributed by atoms with Crippen molar-refractivity contribution in [2.24, 2.45) is 0 Å². The third-order valence-corrected chi connectivity index (χ3v) is 3.11. The SMILES string of the molecule is O=C(O)c1cc(F)c(F)cc1-c1nc2cc(Cl)ccc2o1. The van der Waals surface area contributed by atoms with Crippen LogP contribution in [0.25, 0.3) is 22.6 Å². The van der Waals surface area contributed by atoms with Gasteiger partial charge in [-0.25, -0.2) is 18.6 Å². The molecule has 7 heteroatoms. The number of carboxylic acid groups (broad SMARTS) is 1. The number of halogens is 3. The van der Waals surface area contributed by atoms with Gasteiger partial charge >= 0.3 is 5.97 Å². The number of benzene rings is 2. The van der Waals surface area contributed by atoms with Crippen LogP contribution in [-0.4, -0.2) is 16.1 Å². The van der Waals surface area contributed by atoms with E-state index < -0.39 is 23.2 Å². The van der Waals surface area contributed by atoms with Gasteiger partial charge in [-0.1, -0.05) is 11.6 Å². The number of aromatic nitrogens is 1. The summed E-state index contributed by atoms with van der Waals surface area (Å²) in [5.41, 5.74) is 0.161. The molecule has 0 atom stereocenters. The van der Waals surface area contributed by atoms with Gasteiger partial charge in [0.05, 0.1) is 11.1 Å². The Kier molecular flexibility index (Phi) is 3.10. The Morgan fingerprint density at radius 1 is 1.19 bits per heavy atom. The minimum Gasteiger partial charge on any atom is -0.478 e. The van der Waals surface area contributed by atoms with Crippen molar-refractivity contribution in [3.8, 4) is 11.5 Å². The molecule has 21 heavy (non-hydrogen) atoms. The first-order chi connectivity index (χ1) is 9.95. The number of rotatable bonds is 2. The summed E-state index contributed by atoms with van der Waals surface area (Å²) < 4.78 is 31.9. The fraction of sp³-hybridized carbons (Fsp3) is 0. The molecule has 0 bridgehead atoms. The van der Waals surface area contributed by atoms with Gasteiger partial charge in [0, 0.05) is 5.02 Å². The van der Waals surface area contributed by atoms with Crippen molar-refractivity contribution < 1.29 is 23.1 Å². The number of carbonyl (C=O) groups is 1. The maximum Gasteiger partial charge on any atom is 0.336 e. The van der Waals surface area contributed by atoms with Gasteiger partial charge in [-0.2, -0.15) is 0 Å². The predicted octanol–water partition coefficient (Wildman–Crippen LogP) is 4.12. The molecule has 106 valence electrons. The zero-order chi connectivity index (χ0) is 15.1. The first-order valence-corrected chi connectivity index (χ1v) is 6.12. The summed E-state index contributed by atoms with van der Waals surface area (Å²) in [4.78, 5) is 15.2. The smallest absolute Gasteiger partial charge is 0.336 e. The van der Waals surface area contributed by atoms with Crippen molar-refractivity contribution in [1.82, 2.24) is 4.98 Å². The van der Waals surface area contributed by atoms with E-state index in [9.17, 15) is 13.6 Å². The van der Waals surface area contributed by atoms with E-state index >= 15 is 0 Å². The normalized spacial score (nSPS) is 11.0. The third-order valence-electron chi connectivity index (χ3n) is 2.87. The first-order valence-electron chi connectivity index (χ1n) is 5.74. The summed E-state index contributed by atoms with van der Waals surface area (Å²) in [5.74, 6) is -3.97. The molecule has 3 rings (SSSR count). The van der Waals surface area contributed by atoms with Crippen molar-refractivity contribution in [3.63, 3.8) is 0 Å². The number of aromatic carboxylic acids is 1. The second-order valence-electron chi connectivity index (χ2n) is 4.25. The first kappa shape index (κ1) is 13.5. The van der Waals surface area contributed by atoms with Crippen LogP contribution in [0.4, 0.5) is 8.78 Å². The third kappa shape index (κ3) is 2.34. The number of oxazole rings is 1. The van der Waals surface area contributed by atoms with Crippen LogP contribution >= 0.6 is 11.6 Å². The highest BCUT2D eigenvalue weighted by atomic mass is 35.5. The number of fused-ring (bicyclic) bond motifs is 1. The number of hydrogen-bond acceptors (Lipinski definition) is 3. The van der Waals surface area contributed by atoms with Crippen LogP contribution in [0.2, 0.25) is 5.02 Å². The standard InChI is InChI=1S/C14H6ClF2NO3/c15-6-1-2-12-11(3-6)18-13(21-12)7-4-9(16)10(17)5-8(7)14(19)20/h1-5H,(H,19,20). The van der Waals surface area contributed by atoms with Crippen LogP contribution in [-0.2, 0) is 0 Å². The van der Waals surface area contributed by atoms with Crippen LogP contribution in [0.5, 0.6) is 0 Å². The summed E-state index contributed by atoms with van der Waals surface area (Å²) in [7, 11) is 0. The average Bonchev–Trinajstić information content (AvgIpc) is 2.83. The van der Waals surface area contributed by atoms with Crippen LogP contribution in [0.3, 0.4) is 0 Å². The number of carboxylic acids is 1. The lowest BCUT2D eigenvalue weighted by molar-refractivity contribution is 0.0697. The minimum atomic E-state index is -1.41. The number of nitrogens with zero attached hydrogens (tertiary/aromatic N) is 1. The molecule has 0 amide bonds. The quantitative estimate of drug-likeness (QED) is 0.773. The Hall–Kier alpha value is -2.47. The summed E-state index contributed by atoms with van der Waals surface area (Å²) in [6, 6.07) is 5.97. The molecule has 1 aromatic heterocycles. The largest absolute Gasteiger partial charge is 0.478 e. The highest BCUT2D eigenvalue weighted by Gasteiger charge is 2.20. The second-order valence-corrected chi connectivity index (χ2v) is 4.68. The van der Waals surface area contributed by atoms with Gasteiger partial charge in [-0.15, -0.1) is 0 Å². The van der Waals surface area contributed by atoms with Gasteiger partial charge in [0.15, 0.2) is 17.2 Å². The molecule has 1 heterocycles. The van der Waals surface area contributed by atoms with Gasteiger partial charge in [0.1, 0.15) is 5.52 Å². The molecular formula is C14H6ClF2NO3. The molecule has 0 aliphatic heterocycles. The van der Waals surface area contributed by atoms with Gasteiger partial charge in [0.25, 0.3) is 0 Å². The topological polar surface area (TPSA) is 63.3 Å². The fourth-order valence-electron chi connectivity index (χ4n) is 1.92. The van der Waals surface area contributed by atoms with Crippen LogP contribution < -0.4 is 0 Å². The van der Waals surface area contributed by atoms with E-state index in [1.165, 1.54) is 6.07 Å². The Labute approximate surface area is 121 Å². The maximum absolute atomic E-state index is 13.4. The zero-order valence-electron chi connectivity index (χ0n) is 10.2. The Morgan fingerprint density at radius 3 is 2.62 bits per heavy atom. The molecule has 1 N–H and O–H groups in total. The molecule has 0 fully saturated rings.